The molecule has 1 saturated carbocycles. The molecule has 7 nitrogen and oxygen atoms in total. The van der Waals surface area contributed by atoms with Crippen LogP contribution in [0.5, 0.6) is 0 Å². The molecular formula is C26H33ClN4O3. The summed E-state index contributed by atoms with van der Waals surface area (Å²) < 4.78 is 0. The van der Waals surface area contributed by atoms with Gasteiger partial charge in [0.1, 0.15) is 0 Å². The van der Waals surface area contributed by atoms with Crippen LogP contribution in [0.15, 0.2) is 42.5 Å². The van der Waals surface area contributed by atoms with Gasteiger partial charge < -0.3 is 20.9 Å². The van der Waals surface area contributed by atoms with E-state index in [0.717, 1.165) is 31.4 Å². The molecule has 0 spiro atoms. The van der Waals surface area contributed by atoms with E-state index in [4.69, 9.17) is 11.6 Å². The maximum Gasteiger partial charge on any atom is 0.253 e. The molecule has 1 aliphatic carbocycles. The van der Waals surface area contributed by atoms with E-state index in [-0.39, 0.29) is 30.3 Å². The largest absolute Gasteiger partial charge is 0.376 e. The predicted molar refractivity (Wildman–Crippen MR) is 137 cm³/mol. The molecule has 1 aliphatic rings. The van der Waals surface area contributed by atoms with E-state index in [2.05, 4.69) is 16.0 Å². The number of nitrogens with zero attached hydrogens (tertiary/aromatic N) is 1. The summed E-state index contributed by atoms with van der Waals surface area (Å²) in [4.78, 5) is 39.3. The molecular weight excluding hydrogens is 452 g/mol. The Kier molecular flexibility index (Phi) is 9.33. The van der Waals surface area contributed by atoms with Crippen molar-refractivity contribution in [3.05, 3.63) is 58.6 Å². The second kappa shape index (κ2) is 12.4. The third-order valence-electron chi connectivity index (χ3n) is 6.07. The van der Waals surface area contributed by atoms with Gasteiger partial charge in [0.25, 0.3) is 11.8 Å². The number of rotatable bonds is 9. The van der Waals surface area contributed by atoms with Gasteiger partial charge in [-0.1, -0.05) is 30.9 Å². The van der Waals surface area contributed by atoms with Gasteiger partial charge in [0.2, 0.25) is 5.91 Å². The molecule has 34 heavy (non-hydrogen) atoms. The standard InChI is InChI=1S/C26H33ClN4O3/c1-3-31(4-2)26(34)18-10-12-19(13-11-18)28-17-24(32)29-21-14-15-23(27)22(16-21)25(33)30-20-8-6-5-7-9-20/h10-16,20,28H,3-9,17H2,1-2H3,(H,29,32)(H,30,33). The van der Waals surface area contributed by atoms with Crippen LogP contribution in [0.4, 0.5) is 11.4 Å². The highest BCUT2D eigenvalue weighted by Gasteiger charge is 2.19. The molecule has 0 radical (unpaired) electrons. The molecule has 0 saturated heterocycles. The Morgan fingerprint density at radius 1 is 0.941 bits per heavy atom. The number of carbonyl (C=O) groups excluding carboxylic acids is 3. The molecule has 0 aromatic heterocycles. The Balaban J connectivity index is 1.54. The Morgan fingerprint density at radius 3 is 2.24 bits per heavy atom. The maximum absolute atomic E-state index is 12.7. The summed E-state index contributed by atoms with van der Waals surface area (Å²) in [6, 6.07) is 12.1. The van der Waals surface area contributed by atoms with Crippen LogP contribution < -0.4 is 16.0 Å². The lowest BCUT2D eigenvalue weighted by Crippen LogP contribution is -2.36. The lowest BCUT2D eigenvalue weighted by atomic mass is 9.95. The number of nitrogens with one attached hydrogen (secondary N) is 3. The molecule has 0 unspecified atom stereocenters. The molecule has 3 rings (SSSR count). The summed E-state index contributed by atoms with van der Waals surface area (Å²) in [5, 5.41) is 9.25. The minimum Gasteiger partial charge on any atom is -0.376 e. The third-order valence-corrected chi connectivity index (χ3v) is 6.40. The molecule has 3 amide bonds. The SMILES string of the molecule is CCN(CC)C(=O)c1ccc(NCC(=O)Nc2ccc(Cl)c(C(=O)NC3CCCCC3)c2)cc1. The zero-order valence-corrected chi connectivity index (χ0v) is 20.6. The zero-order chi connectivity index (χ0) is 24.5. The Hall–Kier alpha value is -3.06. The van der Waals surface area contributed by atoms with Gasteiger partial charge in [-0.2, -0.15) is 0 Å². The molecule has 3 N–H and O–H groups in total. The highest BCUT2D eigenvalue weighted by molar-refractivity contribution is 6.34. The molecule has 0 bridgehead atoms. The Bertz CT molecular complexity index is 1000. The first-order valence-electron chi connectivity index (χ1n) is 11.9. The van der Waals surface area contributed by atoms with E-state index in [1.807, 2.05) is 13.8 Å². The Labute approximate surface area is 206 Å². The first kappa shape index (κ1) is 25.6. The lowest BCUT2D eigenvalue weighted by molar-refractivity contribution is -0.114. The van der Waals surface area contributed by atoms with Gasteiger partial charge in [-0.05, 0) is 69.2 Å². The number of benzene rings is 2. The van der Waals surface area contributed by atoms with Gasteiger partial charge in [-0.3, -0.25) is 14.4 Å². The van der Waals surface area contributed by atoms with Crippen molar-refractivity contribution < 1.29 is 14.4 Å². The number of carbonyl (C=O) groups is 3. The molecule has 2 aromatic rings. The summed E-state index contributed by atoms with van der Waals surface area (Å²) in [7, 11) is 0. The molecule has 1 fully saturated rings. The van der Waals surface area contributed by atoms with Crippen LogP contribution in [-0.4, -0.2) is 48.3 Å². The number of amides is 3. The van der Waals surface area contributed by atoms with Crippen molar-refractivity contribution >= 4 is 40.7 Å². The summed E-state index contributed by atoms with van der Waals surface area (Å²) in [6.45, 7) is 5.25. The predicted octanol–water partition coefficient (Wildman–Crippen LogP) is 4.94. The lowest BCUT2D eigenvalue weighted by Gasteiger charge is -2.23. The summed E-state index contributed by atoms with van der Waals surface area (Å²) in [5.74, 6) is -0.491. The smallest absolute Gasteiger partial charge is 0.253 e. The third kappa shape index (κ3) is 6.97. The van der Waals surface area contributed by atoms with E-state index < -0.39 is 0 Å². The van der Waals surface area contributed by atoms with Gasteiger partial charge in [-0.15, -0.1) is 0 Å². The molecule has 0 atom stereocenters. The number of halogens is 1. The van der Waals surface area contributed by atoms with Crippen LogP contribution in [0.25, 0.3) is 0 Å². The summed E-state index contributed by atoms with van der Waals surface area (Å²) in [5.41, 5.74) is 2.20. The molecule has 0 aliphatic heterocycles. The number of hydrogen-bond donors (Lipinski definition) is 3. The topological polar surface area (TPSA) is 90.5 Å². The summed E-state index contributed by atoms with van der Waals surface area (Å²) >= 11 is 6.25. The fourth-order valence-electron chi connectivity index (χ4n) is 4.10. The van der Waals surface area contributed by atoms with Crippen LogP contribution >= 0.6 is 11.6 Å². The minimum absolute atomic E-state index is 0.0136. The fraction of sp³-hybridized carbons (Fsp3) is 0.423. The van der Waals surface area contributed by atoms with Crippen molar-refractivity contribution in [2.75, 3.05) is 30.3 Å². The van der Waals surface area contributed by atoms with E-state index >= 15 is 0 Å². The Morgan fingerprint density at radius 2 is 1.59 bits per heavy atom. The highest BCUT2D eigenvalue weighted by atomic mass is 35.5. The van der Waals surface area contributed by atoms with Crippen LogP contribution in [0.1, 0.15) is 66.7 Å². The second-order valence-corrected chi connectivity index (χ2v) is 8.87. The van der Waals surface area contributed by atoms with Crippen molar-refractivity contribution in [1.29, 1.82) is 0 Å². The van der Waals surface area contributed by atoms with Crippen LogP contribution in [0.2, 0.25) is 5.02 Å². The molecule has 0 heterocycles. The van der Waals surface area contributed by atoms with Crippen molar-refractivity contribution in [2.45, 2.75) is 52.0 Å². The summed E-state index contributed by atoms with van der Waals surface area (Å²) in [6.07, 6.45) is 5.42. The number of anilines is 2. The quantitative estimate of drug-likeness (QED) is 0.470. The first-order valence-corrected chi connectivity index (χ1v) is 12.3. The van der Waals surface area contributed by atoms with E-state index in [9.17, 15) is 14.4 Å². The van der Waals surface area contributed by atoms with Crippen LogP contribution in [-0.2, 0) is 4.79 Å². The normalized spacial score (nSPS) is 13.7. The zero-order valence-electron chi connectivity index (χ0n) is 19.8. The van der Waals surface area contributed by atoms with E-state index in [1.54, 1.807) is 47.4 Å². The van der Waals surface area contributed by atoms with Gasteiger partial charge >= 0.3 is 0 Å². The van der Waals surface area contributed by atoms with Gasteiger partial charge in [0, 0.05) is 36.1 Å². The average molecular weight is 485 g/mol. The van der Waals surface area contributed by atoms with E-state index in [0.29, 0.717) is 34.9 Å². The van der Waals surface area contributed by atoms with Crippen molar-refractivity contribution in [2.24, 2.45) is 0 Å². The minimum atomic E-state index is -0.260. The second-order valence-electron chi connectivity index (χ2n) is 8.46. The van der Waals surface area contributed by atoms with E-state index in [1.165, 1.54) is 6.42 Å². The number of hydrogen-bond acceptors (Lipinski definition) is 4. The van der Waals surface area contributed by atoms with Crippen molar-refractivity contribution in [3.63, 3.8) is 0 Å². The fourth-order valence-corrected chi connectivity index (χ4v) is 4.30. The van der Waals surface area contributed by atoms with Gasteiger partial charge in [0.15, 0.2) is 0 Å². The van der Waals surface area contributed by atoms with Crippen LogP contribution in [0, 0.1) is 0 Å². The van der Waals surface area contributed by atoms with Crippen molar-refractivity contribution in [3.8, 4) is 0 Å². The first-order chi connectivity index (χ1) is 16.4. The van der Waals surface area contributed by atoms with Gasteiger partial charge in [-0.25, -0.2) is 0 Å². The van der Waals surface area contributed by atoms with Crippen LogP contribution in [0.3, 0.4) is 0 Å². The average Bonchev–Trinajstić information content (AvgIpc) is 2.85. The highest BCUT2D eigenvalue weighted by Crippen LogP contribution is 2.23. The molecule has 2 aromatic carbocycles. The molecule has 182 valence electrons. The maximum atomic E-state index is 12.7. The monoisotopic (exact) mass is 484 g/mol. The van der Waals surface area contributed by atoms with Crippen molar-refractivity contribution in [1.82, 2.24) is 10.2 Å². The molecule has 8 heteroatoms. The van der Waals surface area contributed by atoms with Gasteiger partial charge in [0.05, 0.1) is 17.1 Å².